The van der Waals surface area contributed by atoms with E-state index in [0.717, 1.165) is 18.2 Å². The fourth-order valence-electron chi connectivity index (χ4n) is 2.44. The largest absolute Gasteiger partial charge is 0.493 e. The minimum atomic E-state index is -1.16. The normalized spacial score (nSPS) is 11.7. The fraction of sp³-hybridized carbons (Fsp3) is 0.263. The molecule has 0 aliphatic rings. The molecule has 0 spiro atoms. The highest BCUT2D eigenvalue weighted by molar-refractivity contribution is 6.35. The van der Waals surface area contributed by atoms with Gasteiger partial charge in [-0.1, -0.05) is 36.4 Å². The van der Waals surface area contributed by atoms with Crippen LogP contribution in [0.15, 0.2) is 48.5 Å². The summed E-state index contributed by atoms with van der Waals surface area (Å²) in [5, 5.41) is 19.5. The molecule has 2 aromatic rings. The van der Waals surface area contributed by atoms with E-state index in [9.17, 15) is 14.7 Å². The number of hydrogen-bond donors (Lipinski definition) is 2. The highest BCUT2D eigenvalue weighted by Crippen LogP contribution is 2.33. The van der Waals surface area contributed by atoms with E-state index in [2.05, 4.69) is 0 Å². The van der Waals surface area contributed by atoms with E-state index < -0.39 is 24.2 Å². The van der Waals surface area contributed by atoms with E-state index in [-0.39, 0.29) is 5.06 Å². The Morgan fingerprint density at radius 1 is 1.16 bits per heavy atom. The molecule has 2 N–H and O–H groups in total. The standard InChI is InChI=1S/C19H21NO5/c1-3-25-18-10-9-14(11-15(18)13-7-5-4-6-8-13)16(21)12-17(22)19(23)20(2)24/h4-11,16,21,24H,3,12H2,1-2H3. The average molecular weight is 343 g/mol. The number of benzene rings is 2. The highest BCUT2D eigenvalue weighted by Gasteiger charge is 2.22. The SMILES string of the molecule is CCOc1ccc(C(O)CC(=O)C(=O)N(C)O)cc1-c1ccccc1. The minimum Gasteiger partial charge on any atom is -0.493 e. The Morgan fingerprint density at radius 3 is 2.44 bits per heavy atom. The number of nitrogens with zero attached hydrogens (tertiary/aromatic N) is 1. The molecule has 0 fully saturated rings. The van der Waals surface area contributed by atoms with Crippen molar-refractivity contribution >= 4 is 11.7 Å². The van der Waals surface area contributed by atoms with E-state index in [1.807, 2.05) is 37.3 Å². The Bertz CT molecular complexity index is 743. The van der Waals surface area contributed by atoms with Crippen LogP contribution in [0.5, 0.6) is 5.75 Å². The van der Waals surface area contributed by atoms with Crippen LogP contribution < -0.4 is 4.74 Å². The number of aliphatic hydroxyl groups excluding tert-OH is 1. The number of carbonyl (C=O) groups is 2. The summed E-state index contributed by atoms with van der Waals surface area (Å²) in [6.07, 6.45) is -1.57. The first kappa shape index (κ1) is 18.6. The zero-order valence-electron chi connectivity index (χ0n) is 14.2. The lowest BCUT2D eigenvalue weighted by Gasteiger charge is -2.16. The lowest BCUT2D eigenvalue weighted by molar-refractivity contribution is -0.166. The lowest BCUT2D eigenvalue weighted by Crippen LogP contribution is -2.31. The summed E-state index contributed by atoms with van der Waals surface area (Å²) >= 11 is 0. The number of ether oxygens (including phenoxy) is 1. The van der Waals surface area contributed by atoms with Crippen molar-refractivity contribution in [3.63, 3.8) is 0 Å². The highest BCUT2D eigenvalue weighted by atomic mass is 16.5. The second-order valence-corrected chi connectivity index (χ2v) is 5.53. The quantitative estimate of drug-likeness (QED) is 0.458. The maximum Gasteiger partial charge on any atom is 0.313 e. The van der Waals surface area contributed by atoms with Gasteiger partial charge >= 0.3 is 5.91 Å². The number of likely N-dealkylation sites (N-methyl/N-ethyl adjacent to an activating group) is 1. The van der Waals surface area contributed by atoms with Crippen molar-refractivity contribution in [1.29, 1.82) is 0 Å². The molecular weight excluding hydrogens is 322 g/mol. The van der Waals surface area contributed by atoms with Gasteiger partial charge in [-0.25, -0.2) is 5.06 Å². The monoisotopic (exact) mass is 343 g/mol. The van der Waals surface area contributed by atoms with Crippen LogP contribution in [-0.2, 0) is 9.59 Å². The molecule has 0 radical (unpaired) electrons. The molecule has 0 heterocycles. The molecule has 0 saturated heterocycles. The van der Waals surface area contributed by atoms with Crippen molar-refractivity contribution in [1.82, 2.24) is 5.06 Å². The fourth-order valence-corrected chi connectivity index (χ4v) is 2.44. The lowest BCUT2D eigenvalue weighted by atomic mass is 9.97. The zero-order valence-corrected chi connectivity index (χ0v) is 14.2. The van der Waals surface area contributed by atoms with Gasteiger partial charge in [-0.2, -0.15) is 0 Å². The third kappa shape index (κ3) is 4.65. The summed E-state index contributed by atoms with van der Waals surface area (Å²) in [7, 11) is 1.07. The average Bonchev–Trinajstić information content (AvgIpc) is 2.62. The molecule has 1 amide bonds. The molecule has 1 atom stereocenters. The smallest absolute Gasteiger partial charge is 0.313 e. The van der Waals surface area contributed by atoms with Crippen LogP contribution in [0.3, 0.4) is 0 Å². The van der Waals surface area contributed by atoms with Crippen molar-refractivity contribution < 1.29 is 24.6 Å². The number of Topliss-reactive ketones (excluding diaryl/α,β-unsaturated/α-hetero) is 1. The number of rotatable bonds is 7. The number of aliphatic hydroxyl groups is 1. The Labute approximate surface area is 146 Å². The third-order valence-electron chi connectivity index (χ3n) is 3.68. The maximum absolute atomic E-state index is 11.8. The van der Waals surface area contributed by atoms with Gasteiger partial charge in [0.1, 0.15) is 5.75 Å². The van der Waals surface area contributed by atoms with Crippen LogP contribution in [0.2, 0.25) is 0 Å². The molecule has 2 aromatic carbocycles. The van der Waals surface area contributed by atoms with Gasteiger partial charge in [-0.3, -0.25) is 14.8 Å². The summed E-state index contributed by atoms with van der Waals surface area (Å²) in [5.74, 6) is -1.26. The van der Waals surface area contributed by atoms with Gasteiger partial charge in [0.15, 0.2) is 0 Å². The van der Waals surface area contributed by atoms with Crippen LogP contribution in [0.4, 0.5) is 0 Å². The molecule has 6 nitrogen and oxygen atoms in total. The third-order valence-corrected chi connectivity index (χ3v) is 3.68. The van der Waals surface area contributed by atoms with Gasteiger partial charge in [0.2, 0.25) is 5.78 Å². The molecule has 2 rings (SSSR count). The second kappa shape index (κ2) is 8.41. The van der Waals surface area contributed by atoms with E-state index in [4.69, 9.17) is 9.94 Å². The second-order valence-electron chi connectivity index (χ2n) is 5.53. The van der Waals surface area contributed by atoms with E-state index in [0.29, 0.717) is 17.9 Å². The van der Waals surface area contributed by atoms with Crippen LogP contribution in [0, 0.1) is 0 Å². The molecule has 0 aliphatic heterocycles. The summed E-state index contributed by atoms with van der Waals surface area (Å²) < 4.78 is 5.63. The Hall–Kier alpha value is -2.70. The van der Waals surface area contributed by atoms with Crippen LogP contribution in [0.1, 0.15) is 25.0 Å². The molecule has 0 aromatic heterocycles. The topological polar surface area (TPSA) is 87.1 Å². The summed E-state index contributed by atoms with van der Waals surface area (Å²) in [4.78, 5) is 23.2. The first-order chi connectivity index (χ1) is 11.9. The summed E-state index contributed by atoms with van der Waals surface area (Å²) in [6, 6.07) is 14.7. The number of ketones is 1. The predicted octanol–water partition coefficient (Wildman–Crippen LogP) is 2.59. The number of carbonyl (C=O) groups excluding carboxylic acids is 2. The van der Waals surface area contributed by atoms with Crippen molar-refractivity contribution in [3.8, 4) is 16.9 Å². The van der Waals surface area contributed by atoms with Crippen LogP contribution >= 0.6 is 0 Å². The maximum atomic E-state index is 11.8. The van der Waals surface area contributed by atoms with Gasteiger partial charge in [-0.15, -0.1) is 0 Å². The predicted molar refractivity (Wildman–Crippen MR) is 92.2 cm³/mol. The molecule has 25 heavy (non-hydrogen) atoms. The van der Waals surface area contributed by atoms with Crippen LogP contribution in [0.25, 0.3) is 11.1 Å². The number of hydrogen-bond acceptors (Lipinski definition) is 5. The molecule has 0 aliphatic carbocycles. The zero-order chi connectivity index (χ0) is 18.4. The first-order valence-corrected chi connectivity index (χ1v) is 7.94. The Kier molecular flexibility index (Phi) is 6.27. The molecule has 0 bridgehead atoms. The Morgan fingerprint density at radius 2 is 1.84 bits per heavy atom. The van der Waals surface area contributed by atoms with Crippen molar-refractivity contribution in [2.24, 2.45) is 0 Å². The van der Waals surface area contributed by atoms with Gasteiger partial charge in [0.05, 0.1) is 12.7 Å². The number of amides is 1. The van der Waals surface area contributed by atoms with Gasteiger partial charge in [0.25, 0.3) is 0 Å². The molecule has 132 valence electrons. The Balaban J connectivity index is 2.30. The molecule has 6 heteroatoms. The van der Waals surface area contributed by atoms with E-state index >= 15 is 0 Å². The molecular formula is C19H21NO5. The number of hydroxylamine groups is 2. The minimum absolute atomic E-state index is 0.211. The summed E-state index contributed by atoms with van der Waals surface area (Å²) in [6.45, 7) is 2.38. The van der Waals surface area contributed by atoms with Gasteiger partial charge < -0.3 is 9.84 Å². The van der Waals surface area contributed by atoms with Gasteiger partial charge in [0, 0.05) is 19.0 Å². The van der Waals surface area contributed by atoms with Crippen molar-refractivity contribution in [2.45, 2.75) is 19.4 Å². The molecule has 0 saturated carbocycles. The van der Waals surface area contributed by atoms with Crippen LogP contribution in [-0.4, -0.2) is 40.7 Å². The summed E-state index contributed by atoms with van der Waals surface area (Å²) in [5.41, 5.74) is 2.19. The van der Waals surface area contributed by atoms with Crippen molar-refractivity contribution in [2.75, 3.05) is 13.7 Å². The molecule has 1 unspecified atom stereocenters. The van der Waals surface area contributed by atoms with Crippen molar-refractivity contribution in [3.05, 3.63) is 54.1 Å². The van der Waals surface area contributed by atoms with E-state index in [1.54, 1.807) is 18.2 Å². The first-order valence-electron chi connectivity index (χ1n) is 7.94. The van der Waals surface area contributed by atoms with Gasteiger partial charge in [-0.05, 0) is 30.2 Å². The van der Waals surface area contributed by atoms with E-state index in [1.165, 1.54) is 0 Å².